The lowest BCUT2D eigenvalue weighted by Crippen LogP contribution is -2.38. The van der Waals surface area contributed by atoms with Crippen LogP contribution in [0.5, 0.6) is 17.2 Å². The zero-order chi connectivity index (χ0) is 18.3. The minimum Gasteiger partial charge on any atom is -0.496 e. The number of hydrogen-bond acceptors (Lipinski definition) is 5. The smallest absolute Gasteiger partial charge is 0.190 e. The van der Waals surface area contributed by atoms with E-state index in [9.17, 15) is 0 Å². The molecule has 2 N–H and O–H groups in total. The van der Waals surface area contributed by atoms with Crippen LogP contribution >= 0.6 is 35.7 Å². The normalized spacial score (nSPS) is 10.7. The molecule has 0 bridgehead atoms. The van der Waals surface area contributed by atoms with Crippen molar-refractivity contribution < 1.29 is 14.2 Å². The Labute approximate surface area is 178 Å². The fraction of sp³-hybridized carbons (Fsp3) is 0.611. The van der Waals surface area contributed by atoms with Crippen LogP contribution < -0.4 is 24.8 Å². The summed E-state index contributed by atoms with van der Waals surface area (Å²) in [6.45, 7) is 2.35. The third kappa shape index (κ3) is 10.8. The molecule has 0 aliphatic carbocycles. The zero-order valence-electron chi connectivity index (χ0n) is 16.2. The number of methoxy groups -OCH3 is 2. The molecule has 0 amide bonds. The maximum absolute atomic E-state index is 5.77. The van der Waals surface area contributed by atoms with Crippen molar-refractivity contribution in [2.24, 2.45) is 4.99 Å². The summed E-state index contributed by atoms with van der Waals surface area (Å²) < 4.78 is 16.2. The molecule has 1 rings (SSSR count). The van der Waals surface area contributed by atoms with Gasteiger partial charge in [0.05, 0.1) is 20.8 Å². The van der Waals surface area contributed by atoms with Crippen LogP contribution in [0.3, 0.4) is 0 Å². The van der Waals surface area contributed by atoms with Crippen molar-refractivity contribution in [1.29, 1.82) is 0 Å². The summed E-state index contributed by atoms with van der Waals surface area (Å²) in [7, 11) is 5.04. The van der Waals surface area contributed by atoms with E-state index in [0.29, 0.717) is 6.61 Å². The van der Waals surface area contributed by atoms with Crippen LogP contribution in [-0.2, 0) is 0 Å². The molecule has 0 atom stereocenters. The first-order chi connectivity index (χ1) is 12.2. The molecular formula is C18H32IN3O3S. The highest BCUT2D eigenvalue weighted by Crippen LogP contribution is 2.27. The average molecular weight is 497 g/mol. The lowest BCUT2D eigenvalue weighted by molar-refractivity contribution is 0.305. The number of thioether (sulfide) groups is 1. The van der Waals surface area contributed by atoms with Gasteiger partial charge in [0, 0.05) is 38.3 Å². The molecule has 1 aromatic carbocycles. The molecule has 0 aliphatic rings. The van der Waals surface area contributed by atoms with Gasteiger partial charge in [-0.3, -0.25) is 4.99 Å². The number of aliphatic imine (C=N–C) groups is 1. The molecule has 0 radical (unpaired) electrons. The predicted octanol–water partition coefficient (Wildman–Crippen LogP) is 3.40. The van der Waals surface area contributed by atoms with E-state index in [1.54, 1.807) is 21.3 Å². The van der Waals surface area contributed by atoms with Gasteiger partial charge in [-0.2, -0.15) is 11.8 Å². The summed E-state index contributed by atoms with van der Waals surface area (Å²) in [5, 5.41) is 6.62. The summed E-state index contributed by atoms with van der Waals surface area (Å²) in [5.41, 5.74) is 0. The second kappa shape index (κ2) is 16.2. The van der Waals surface area contributed by atoms with E-state index in [1.807, 2.05) is 30.0 Å². The van der Waals surface area contributed by atoms with Crippen molar-refractivity contribution in [3.63, 3.8) is 0 Å². The Morgan fingerprint density at radius 1 is 0.962 bits per heavy atom. The van der Waals surface area contributed by atoms with Gasteiger partial charge in [-0.15, -0.1) is 24.0 Å². The number of halogens is 1. The molecule has 0 saturated heterocycles. The maximum atomic E-state index is 5.77. The van der Waals surface area contributed by atoms with Crippen molar-refractivity contribution in [3.8, 4) is 17.2 Å². The Balaban J connectivity index is 0.00000625. The van der Waals surface area contributed by atoms with Crippen molar-refractivity contribution >= 4 is 41.7 Å². The molecule has 0 aliphatic heterocycles. The molecule has 0 heterocycles. The second-order valence-electron chi connectivity index (χ2n) is 5.38. The Bertz CT molecular complexity index is 496. The number of nitrogens with zero attached hydrogens (tertiary/aromatic N) is 1. The first-order valence-corrected chi connectivity index (χ1v) is 9.92. The number of unbranched alkanes of at least 4 members (excludes halogenated alkanes) is 1. The fourth-order valence-electron chi connectivity index (χ4n) is 2.13. The van der Waals surface area contributed by atoms with Gasteiger partial charge in [0.2, 0.25) is 0 Å². The van der Waals surface area contributed by atoms with Crippen LogP contribution in [0.15, 0.2) is 23.2 Å². The van der Waals surface area contributed by atoms with Gasteiger partial charge in [-0.1, -0.05) is 0 Å². The SMILES string of the molecule is CN=C(NCCCCSC)NCCCOc1cc(OC)cc(OC)c1.I. The molecule has 0 unspecified atom stereocenters. The van der Waals surface area contributed by atoms with E-state index in [-0.39, 0.29) is 24.0 Å². The highest BCUT2D eigenvalue weighted by molar-refractivity contribution is 14.0. The van der Waals surface area contributed by atoms with Gasteiger partial charge in [0.25, 0.3) is 0 Å². The van der Waals surface area contributed by atoms with E-state index in [0.717, 1.165) is 49.1 Å². The number of rotatable bonds is 12. The highest BCUT2D eigenvalue weighted by Gasteiger charge is 2.03. The molecule has 0 aromatic heterocycles. The Morgan fingerprint density at radius 3 is 2.08 bits per heavy atom. The van der Waals surface area contributed by atoms with Crippen LogP contribution in [0.4, 0.5) is 0 Å². The van der Waals surface area contributed by atoms with Crippen molar-refractivity contribution in [1.82, 2.24) is 10.6 Å². The molecular weight excluding hydrogens is 465 g/mol. The fourth-order valence-corrected chi connectivity index (χ4v) is 2.63. The Hall–Kier alpha value is -1.03. The molecule has 0 fully saturated rings. The Kier molecular flexibility index (Phi) is 15.5. The summed E-state index contributed by atoms with van der Waals surface area (Å²) in [5.74, 6) is 4.23. The molecule has 26 heavy (non-hydrogen) atoms. The van der Waals surface area contributed by atoms with Gasteiger partial charge in [0.1, 0.15) is 17.2 Å². The highest BCUT2D eigenvalue weighted by atomic mass is 127. The van der Waals surface area contributed by atoms with E-state index in [4.69, 9.17) is 14.2 Å². The van der Waals surface area contributed by atoms with E-state index < -0.39 is 0 Å². The van der Waals surface area contributed by atoms with Crippen molar-refractivity contribution in [3.05, 3.63) is 18.2 Å². The van der Waals surface area contributed by atoms with E-state index in [1.165, 1.54) is 12.2 Å². The van der Waals surface area contributed by atoms with Crippen LogP contribution in [0, 0.1) is 0 Å². The molecule has 6 nitrogen and oxygen atoms in total. The lowest BCUT2D eigenvalue weighted by atomic mass is 10.3. The first kappa shape index (κ1) is 25.0. The minimum atomic E-state index is 0. The molecule has 1 aromatic rings. The van der Waals surface area contributed by atoms with E-state index in [2.05, 4.69) is 21.9 Å². The summed E-state index contributed by atoms with van der Waals surface area (Å²) in [6, 6.07) is 5.53. The Morgan fingerprint density at radius 2 is 1.54 bits per heavy atom. The largest absolute Gasteiger partial charge is 0.496 e. The third-order valence-corrected chi connectivity index (χ3v) is 4.20. The molecule has 0 saturated carbocycles. The van der Waals surface area contributed by atoms with Crippen molar-refractivity contribution in [2.45, 2.75) is 19.3 Å². The third-order valence-electron chi connectivity index (χ3n) is 3.50. The number of benzene rings is 1. The number of nitrogens with one attached hydrogen (secondary N) is 2. The molecule has 150 valence electrons. The standard InChI is InChI=1S/C18H31N3O3S.HI/c1-19-18(20-8-5-6-11-25-4)21-9-7-10-24-17-13-15(22-2)12-16(14-17)23-3;/h12-14H,5-11H2,1-4H3,(H2,19,20,21);1H. The van der Waals surface area contributed by atoms with Crippen LogP contribution in [0.2, 0.25) is 0 Å². The summed E-state index contributed by atoms with van der Waals surface area (Å²) in [6.07, 6.45) is 5.38. The van der Waals surface area contributed by atoms with Crippen LogP contribution in [0.25, 0.3) is 0 Å². The number of hydrogen-bond donors (Lipinski definition) is 2. The van der Waals surface area contributed by atoms with Gasteiger partial charge in [0.15, 0.2) is 5.96 Å². The average Bonchev–Trinajstić information content (AvgIpc) is 2.65. The van der Waals surface area contributed by atoms with Gasteiger partial charge in [-0.05, 0) is 31.3 Å². The summed E-state index contributed by atoms with van der Waals surface area (Å²) >= 11 is 1.88. The lowest BCUT2D eigenvalue weighted by Gasteiger charge is -2.13. The maximum Gasteiger partial charge on any atom is 0.190 e. The summed E-state index contributed by atoms with van der Waals surface area (Å²) in [4.78, 5) is 4.22. The van der Waals surface area contributed by atoms with Crippen LogP contribution in [-0.4, -0.2) is 58.9 Å². The predicted molar refractivity (Wildman–Crippen MR) is 122 cm³/mol. The van der Waals surface area contributed by atoms with Crippen molar-refractivity contribution in [2.75, 3.05) is 53.0 Å². The monoisotopic (exact) mass is 497 g/mol. The topological polar surface area (TPSA) is 64.1 Å². The van der Waals surface area contributed by atoms with Gasteiger partial charge >= 0.3 is 0 Å². The molecule has 8 heteroatoms. The quantitative estimate of drug-likeness (QED) is 0.200. The number of ether oxygens (including phenoxy) is 3. The number of guanidine groups is 1. The second-order valence-corrected chi connectivity index (χ2v) is 6.36. The van der Waals surface area contributed by atoms with Gasteiger partial charge < -0.3 is 24.8 Å². The molecule has 0 spiro atoms. The minimum absolute atomic E-state index is 0. The van der Waals surface area contributed by atoms with Crippen LogP contribution in [0.1, 0.15) is 19.3 Å². The zero-order valence-corrected chi connectivity index (χ0v) is 19.3. The van der Waals surface area contributed by atoms with E-state index >= 15 is 0 Å². The van der Waals surface area contributed by atoms with Gasteiger partial charge in [-0.25, -0.2) is 0 Å². The first-order valence-electron chi connectivity index (χ1n) is 8.52.